The minimum atomic E-state index is -0.570. The molecule has 3 aliphatic rings. The number of nitrogens with zero attached hydrogens (tertiary/aromatic N) is 3. The third-order valence-electron chi connectivity index (χ3n) is 6.32. The van der Waals surface area contributed by atoms with Crippen molar-refractivity contribution in [3.05, 3.63) is 48.5 Å². The molecule has 0 aliphatic carbocycles. The van der Waals surface area contributed by atoms with Gasteiger partial charge in [0.15, 0.2) is 0 Å². The van der Waals surface area contributed by atoms with Crippen molar-refractivity contribution in [2.45, 2.75) is 43.5 Å². The van der Waals surface area contributed by atoms with Gasteiger partial charge >= 0.3 is 0 Å². The SMILES string of the molecule is O=C1NC2(COC3(CCN(C(=O)CCn4ccnc4)CC3)C2)Nc2ccccc21. The summed E-state index contributed by atoms with van der Waals surface area (Å²) in [6, 6.07) is 7.55. The molecule has 0 bridgehead atoms. The first-order chi connectivity index (χ1) is 14.1. The number of para-hydroxylation sites is 1. The van der Waals surface area contributed by atoms with Crippen molar-refractivity contribution >= 4 is 17.5 Å². The van der Waals surface area contributed by atoms with Gasteiger partial charge in [0, 0.05) is 50.6 Å². The maximum atomic E-state index is 12.6. The van der Waals surface area contributed by atoms with E-state index in [4.69, 9.17) is 4.74 Å². The molecule has 8 heteroatoms. The number of aryl methyl sites for hydroxylation is 1. The average Bonchev–Trinajstić information content (AvgIpc) is 3.36. The van der Waals surface area contributed by atoms with Gasteiger partial charge in [0.05, 0.1) is 24.1 Å². The molecule has 4 heterocycles. The highest BCUT2D eigenvalue weighted by molar-refractivity contribution is 6.02. The Morgan fingerprint density at radius 3 is 2.83 bits per heavy atom. The molecule has 29 heavy (non-hydrogen) atoms. The Kier molecular flexibility index (Phi) is 4.31. The fourth-order valence-corrected chi connectivity index (χ4v) is 4.74. The van der Waals surface area contributed by atoms with E-state index in [0.29, 0.717) is 44.6 Å². The molecule has 3 aliphatic heterocycles. The minimum absolute atomic E-state index is 0.0629. The van der Waals surface area contributed by atoms with E-state index in [2.05, 4.69) is 15.6 Å². The summed E-state index contributed by atoms with van der Waals surface area (Å²) >= 11 is 0. The van der Waals surface area contributed by atoms with Crippen LogP contribution < -0.4 is 10.6 Å². The zero-order valence-corrected chi connectivity index (χ0v) is 16.3. The molecule has 5 rings (SSSR count). The molecule has 0 saturated carbocycles. The number of fused-ring (bicyclic) bond motifs is 1. The molecule has 2 saturated heterocycles. The number of imidazole rings is 1. The van der Waals surface area contributed by atoms with Crippen LogP contribution in [0.25, 0.3) is 0 Å². The van der Waals surface area contributed by atoms with Crippen LogP contribution in [0.1, 0.15) is 36.0 Å². The first-order valence-electron chi connectivity index (χ1n) is 10.1. The highest BCUT2D eigenvalue weighted by Gasteiger charge is 2.53. The number of ether oxygens (including phenoxy) is 1. The van der Waals surface area contributed by atoms with Crippen molar-refractivity contribution < 1.29 is 14.3 Å². The molecule has 2 fully saturated rings. The number of nitrogens with one attached hydrogen (secondary N) is 2. The summed E-state index contributed by atoms with van der Waals surface area (Å²) in [7, 11) is 0. The van der Waals surface area contributed by atoms with Gasteiger partial charge in [0.25, 0.3) is 5.91 Å². The van der Waals surface area contributed by atoms with E-state index in [-0.39, 0.29) is 17.4 Å². The van der Waals surface area contributed by atoms with Crippen LogP contribution in [-0.2, 0) is 16.1 Å². The first kappa shape index (κ1) is 18.2. The lowest BCUT2D eigenvalue weighted by Crippen LogP contribution is -2.59. The normalized spacial score (nSPS) is 25.0. The molecule has 1 aromatic heterocycles. The number of rotatable bonds is 3. The lowest BCUT2D eigenvalue weighted by Gasteiger charge is -2.41. The van der Waals surface area contributed by atoms with Crippen molar-refractivity contribution in [1.82, 2.24) is 19.8 Å². The molecule has 1 atom stereocenters. The molecule has 1 aromatic carbocycles. The van der Waals surface area contributed by atoms with E-state index in [1.54, 1.807) is 12.5 Å². The van der Waals surface area contributed by atoms with Gasteiger partial charge in [-0.15, -0.1) is 0 Å². The third-order valence-corrected chi connectivity index (χ3v) is 6.32. The van der Waals surface area contributed by atoms with Gasteiger partial charge < -0.3 is 24.8 Å². The Bertz CT molecular complexity index is 920. The Morgan fingerprint density at radius 1 is 1.21 bits per heavy atom. The number of aromatic nitrogens is 2. The average molecular weight is 395 g/mol. The van der Waals surface area contributed by atoms with Crippen LogP contribution in [0, 0.1) is 0 Å². The standard InChI is InChI=1S/C21H25N5O3/c27-18(5-9-25-12-8-22-15-25)26-10-6-20(7-11-26)13-21(14-29-20)23-17-4-2-1-3-16(17)19(28)24-21/h1-4,8,12,15,23H,5-7,9-11,13-14H2,(H,24,28). The minimum Gasteiger partial charge on any atom is -0.370 e. The maximum absolute atomic E-state index is 12.6. The number of carbonyl (C=O) groups is 2. The largest absolute Gasteiger partial charge is 0.370 e. The molecule has 2 aromatic rings. The zero-order chi connectivity index (χ0) is 19.9. The van der Waals surface area contributed by atoms with Crippen LogP contribution in [0.5, 0.6) is 0 Å². The van der Waals surface area contributed by atoms with E-state index in [1.807, 2.05) is 39.9 Å². The lowest BCUT2D eigenvalue weighted by molar-refractivity contribution is -0.136. The molecule has 2 N–H and O–H groups in total. The summed E-state index contributed by atoms with van der Waals surface area (Å²) in [4.78, 5) is 31.1. The van der Waals surface area contributed by atoms with Crippen LogP contribution in [0.15, 0.2) is 43.0 Å². The first-order valence-corrected chi connectivity index (χ1v) is 10.1. The molecule has 8 nitrogen and oxygen atoms in total. The van der Waals surface area contributed by atoms with Crippen molar-refractivity contribution in [3.8, 4) is 0 Å². The molecular weight excluding hydrogens is 370 g/mol. The molecule has 0 radical (unpaired) electrons. The predicted molar refractivity (Wildman–Crippen MR) is 106 cm³/mol. The van der Waals surface area contributed by atoms with E-state index in [1.165, 1.54) is 0 Å². The second-order valence-corrected chi connectivity index (χ2v) is 8.29. The molecule has 2 spiro atoms. The summed E-state index contributed by atoms with van der Waals surface area (Å²) in [5.41, 5.74) is 0.647. The number of anilines is 1. The smallest absolute Gasteiger partial charge is 0.255 e. The lowest BCUT2D eigenvalue weighted by atomic mass is 9.84. The Morgan fingerprint density at radius 2 is 2.03 bits per heavy atom. The van der Waals surface area contributed by atoms with Crippen molar-refractivity contribution in [3.63, 3.8) is 0 Å². The maximum Gasteiger partial charge on any atom is 0.255 e. The highest BCUT2D eigenvalue weighted by atomic mass is 16.5. The second-order valence-electron chi connectivity index (χ2n) is 8.29. The number of hydrogen-bond acceptors (Lipinski definition) is 5. The van der Waals surface area contributed by atoms with Crippen LogP contribution in [0.2, 0.25) is 0 Å². The van der Waals surface area contributed by atoms with Crippen LogP contribution in [0.3, 0.4) is 0 Å². The number of carbonyl (C=O) groups excluding carboxylic acids is 2. The monoisotopic (exact) mass is 395 g/mol. The van der Waals surface area contributed by atoms with Gasteiger partial charge in [-0.1, -0.05) is 12.1 Å². The number of amides is 2. The van der Waals surface area contributed by atoms with E-state index < -0.39 is 5.66 Å². The van der Waals surface area contributed by atoms with Crippen LogP contribution in [-0.4, -0.2) is 57.2 Å². The van der Waals surface area contributed by atoms with Gasteiger partial charge in [-0.05, 0) is 25.0 Å². The second kappa shape index (κ2) is 6.88. The van der Waals surface area contributed by atoms with Crippen LogP contribution in [0.4, 0.5) is 5.69 Å². The van der Waals surface area contributed by atoms with Gasteiger partial charge in [-0.25, -0.2) is 4.98 Å². The number of piperidine rings is 1. The quantitative estimate of drug-likeness (QED) is 0.824. The van der Waals surface area contributed by atoms with E-state index >= 15 is 0 Å². The van der Waals surface area contributed by atoms with Gasteiger partial charge in [0.2, 0.25) is 5.91 Å². The molecule has 1 unspecified atom stereocenters. The zero-order valence-electron chi connectivity index (χ0n) is 16.3. The van der Waals surface area contributed by atoms with Crippen molar-refractivity contribution in [2.75, 3.05) is 25.0 Å². The summed E-state index contributed by atoms with van der Waals surface area (Å²) in [5, 5.41) is 6.62. The summed E-state index contributed by atoms with van der Waals surface area (Å²) in [6.45, 7) is 2.45. The van der Waals surface area contributed by atoms with E-state index in [9.17, 15) is 9.59 Å². The summed E-state index contributed by atoms with van der Waals surface area (Å²) in [6.07, 6.45) is 8.07. The molecule has 2 amide bonds. The Hall–Kier alpha value is -2.87. The summed E-state index contributed by atoms with van der Waals surface area (Å²) in [5.74, 6) is 0.103. The Labute approximate surface area is 169 Å². The molecule has 152 valence electrons. The van der Waals surface area contributed by atoms with Gasteiger partial charge in [0.1, 0.15) is 5.66 Å². The number of hydrogen-bond donors (Lipinski definition) is 2. The fraction of sp³-hybridized carbons (Fsp3) is 0.476. The topological polar surface area (TPSA) is 88.5 Å². The number of likely N-dealkylation sites (tertiary alicyclic amines) is 1. The van der Waals surface area contributed by atoms with Crippen molar-refractivity contribution in [1.29, 1.82) is 0 Å². The van der Waals surface area contributed by atoms with Gasteiger partial charge in [-0.3, -0.25) is 9.59 Å². The van der Waals surface area contributed by atoms with E-state index in [0.717, 1.165) is 18.5 Å². The molecular formula is C21H25N5O3. The number of benzene rings is 1. The third kappa shape index (κ3) is 3.37. The van der Waals surface area contributed by atoms with Crippen molar-refractivity contribution in [2.24, 2.45) is 0 Å². The highest BCUT2D eigenvalue weighted by Crippen LogP contribution is 2.42. The predicted octanol–water partition coefficient (Wildman–Crippen LogP) is 1.61. The Balaban J connectivity index is 1.20. The fourth-order valence-electron chi connectivity index (χ4n) is 4.74. The van der Waals surface area contributed by atoms with Gasteiger partial charge in [-0.2, -0.15) is 0 Å². The summed E-state index contributed by atoms with van der Waals surface area (Å²) < 4.78 is 8.18. The van der Waals surface area contributed by atoms with Crippen LogP contribution >= 0.6 is 0 Å².